The van der Waals surface area contributed by atoms with Gasteiger partial charge in [0.1, 0.15) is 23.4 Å². The Balaban J connectivity index is 1.89. The Labute approximate surface area is 204 Å². The van der Waals surface area contributed by atoms with Gasteiger partial charge in [-0.05, 0) is 45.6 Å². The van der Waals surface area contributed by atoms with Crippen LogP contribution in [0.15, 0.2) is 9.59 Å². The summed E-state index contributed by atoms with van der Waals surface area (Å²) in [7, 11) is 0. The highest BCUT2D eigenvalue weighted by Gasteiger charge is 2.25. The van der Waals surface area contributed by atoms with E-state index in [4.69, 9.17) is 10.5 Å². The molecular weight excluding hydrogens is 450 g/mol. The fourth-order valence-corrected chi connectivity index (χ4v) is 4.47. The predicted molar refractivity (Wildman–Crippen MR) is 135 cm³/mol. The number of aromatic nitrogens is 3. The van der Waals surface area contributed by atoms with Crippen molar-refractivity contribution in [3.8, 4) is 6.07 Å². The fourth-order valence-electron chi connectivity index (χ4n) is 4.47. The second-order valence-electron chi connectivity index (χ2n) is 8.85. The van der Waals surface area contributed by atoms with Crippen molar-refractivity contribution < 1.29 is 9.53 Å². The Hall–Kier alpha value is -3.52. The number of H-pyrrole nitrogens is 1. The molecule has 1 saturated heterocycles. The van der Waals surface area contributed by atoms with E-state index in [2.05, 4.69) is 16.4 Å². The topological polar surface area (TPSA) is 151 Å². The number of carbonyl (C=O) groups is 1. The Kier molecular flexibility index (Phi) is 8.40. The third kappa shape index (κ3) is 5.43. The van der Waals surface area contributed by atoms with Crippen LogP contribution in [0.5, 0.6) is 0 Å². The number of rotatable bonds is 10. The number of nitrogen functional groups attached to an aromatic ring is 1. The van der Waals surface area contributed by atoms with Gasteiger partial charge in [-0.1, -0.05) is 13.3 Å². The number of likely N-dealkylation sites (N-methyl/N-ethyl adjacent to an activating group) is 1. The van der Waals surface area contributed by atoms with Crippen LogP contribution in [0, 0.1) is 25.2 Å². The van der Waals surface area contributed by atoms with E-state index in [1.165, 1.54) is 9.47 Å². The highest BCUT2D eigenvalue weighted by Crippen LogP contribution is 2.28. The number of nitrogens with zero attached hydrogens (tertiary/aromatic N) is 4. The monoisotopic (exact) mass is 485 g/mol. The van der Waals surface area contributed by atoms with E-state index in [-0.39, 0.29) is 24.2 Å². The summed E-state index contributed by atoms with van der Waals surface area (Å²) >= 11 is 0. The number of unbranched alkanes of at least 4 members (excludes halogenated alkanes) is 1. The lowest BCUT2D eigenvalue weighted by molar-refractivity contribution is -0.115. The Morgan fingerprint density at radius 3 is 2.66 bits per heavy atom. The number of hydrogen-bond donors (Lipinski definition) is 3. The van der Waals surface area contributed by atoms with E-state index in [0.29, 0.717) is 37.6 Å². The van der Waals surface area contributed by atoms with Crippen LogP contribution in [0.1, 0.15) is 56.4 Å². The first-order chi connectivity index (χ1) is 16.7. The Morgan fingerprint density at radius 1 is 1.31 bits per heavy atom. The molecule has 2 aromatic heterocycles. The number of ether oxygens (including phenoxy) is 1. The molecule has 1 amide bonds. The number of amides is 1. The van der Waals surface area contributed by atoms with E-state index < -0.39 is 17.2 Å². The lowest BCUT2D eigenvalue weighted by atomic mass is 10.2. The van der Waals surface area contributed by atoms with Crippen molar-refractivity contribution >= 4 is 23.2 Å². The van der Waals surface area contributed by atoms with E-state index in [9.17, 15) is 19.6 Å². The molecule has 1 unspecified atom stereocenters. The first kappa shape index (κ1) is 26.1. The van der Waals surface area contributed by atoms with Gasteiger partial charge in [0.05, 0.1) is 24.8 Å². The number of anilines is 3. The normalized spacial score (nSPS) is 15.2. The molecule has 0 aromatic carbocycles. The van der Waals surface area contributed by atoms with Crippen LogP contribution in [-0.4, -0.2) is 45.8 Å². The quantitative estimate of drug-likeness (QED) is 0.464. The lowest BCUT2D eigenvalue weighted by Gasteiger charge is -2.24. The highest BCUT2D eigenvalue weighted by molar-refractivity contribution is 5.95. The van der Waals surface area contributed by atoms with Crippen molar-refractivity contribution in [2.75, 3.05) is 35.6 Å². The predicted octanol–water partition coefficient (Wildman–Crippen LogP) is 1.85. The summed E-state index contributed by atoms with van der Waals surface area (Å²) in [4.78, 5) is 41.9. The van der Waals surface area contributed by atoms with Gasteiger partial charge in [-0.15, -0.1) is 0 Å². The minimum atomic E-state index is -0.638. The highest BCUT2D eigenvalue weighted by atomic mass is 16.5. The average Bonchev–Trinajstić information content (AvgIpc) is 3.41. The Bertz CT molecular complexity index is 1230. The SMILES string of the molecule is CCCCn1c(N)c(N(CC)CC(=O)Nc2c(C#N)c(C)c(C)n2CC2CCCO2)c(=O)[nH]c1=O. The summed E-state index contributed by atoms with van der Waals surface area (Å²) in [5, 5.41) is 12.6. The van der Waals surface area contributed by atoms with Crippen molar-refractivity contribution in [3.05, 3.63) is 37.7 Å². The summed E-state index contributed by atoms with van der Waals surface area (Å²) in [6.07, 6.45) is 3.51. The van der Waals surface area contributed by atoms with E-state index in [0.717, 1.165) is 36.9 Å². The lowest BCUT2D eigenvalue weighted by Crippen LogP contribution is -2.41. The average molecular weight is 486 g/mol. The van der Waals surface area contributed by atoms with Crippen LogP contribution >= 0.6 is 0 Å². The zero-order chi connectivity index (χ0) is 25.7. The van der Waals surface area contributed by atoms with Gasteiger partial charge in [0.2, 0.25) is 5.91 Å². The van der Waals surface area contributed by atoms with Gasteiger partial charge in [0, 0.05) is 25.4 Å². The second-order valence-corrected chi connectivity index (χ2v) is 8.85. The molecule has 0 bridgehead atoms. The molecule has 1 aliphatic rings. The van der Waals surface area contributed by atoms with E-state index in [1.54, 1.807) is 6.92 Å². The minimum Gasteiger partial charge on any atom is -0.383 e. The zero-order valence-corrected chi connectivity index (χ0v) is 20.9. The molecule has 1 atom stereocenters. The maximum atomic E-state index is 13.2. The van der Waals surface area contributed by atoms with Crippen LogP contribution < -0.4 is 27.2 Å². The standard InChI is InChI=1S/C24H35N7O4/c1-5-7-10-30-21(26)20(23(33)28-24(30)34)29(6-2)14-19(32)27-22-18(12-25)15(3)16(4)31(22)13-17-9-8-11-35-17/h17H,5-11,13-14,26H2,1-4H3,(H,27,32)(H,28,33,34). The number of nitrogens with two attached hydrogens (primary N) is 1. The summed E-state index contributed by atoms with van der Waals surface area (Å²) in [5.41, 5.74) is 7.20. The van der Waals surface area contributed by atoms with Gasteiger partial charge in [-0.3, -0.25) is 19.1 Å². The van der Waals surface area contributed by atoms with E-state index >= 15 is 0 Å². The molecule has 11 nitrogen and oxygen atoms in total. The summed E-state index contributed by atoms with van der Waals surface area (Å²) in [6, 6.07) is 2.20. The molecule has 2 aromatic rings. The number of nitriles is 1. The van der Waals surface area contributed by atoms with Crippen molar-refractivity contribution in [1.29, 1.82) is 5.26 Å². The van der Waals surface area contributed by atoms with Gasteiger partial charge in [-0.25, -0.2) is 4.79 Å². The molecule has 0 saturated carbocycles. The molecule has 190 valence electrons. The van der Waals surface area contributed by atoms with Gasteiger partial charge in [0.25, 0.3) is 5.56 Å². The largest absolute Gasteiger partial charge is 0.383 e. The minimum absolute atomic E-state index is 0.0253. The van der Waals surface area contributed by atoms with Crippen molar-refractivity contribution in [2.24, 2.45) is 0 Å². The van der Waals surface area contributed by atoms with Gasteiger partial charge in [0.15, 0.2) is 0 Å². The molecular formula is C24H35N7O4. The summed E-state index contributed by atoms with van der Waals surface area (Å²) in [6.45, 7) is 9.31. The first-order valence-corrected chi connectivity index (χ1v) is 12.1. The maximum Gasteiger partial charge on any atom is 0.330 e. The molecule has 11 heteroatoms. The first-order valence-electron chi connectivity index (χ1n) is 12.1. The number of carbonyl (C=O) groups excluding carboxylic acids is 1. The van der Waals surface area contributed by atoms with Crippen molar-refractivity contribution in [2.45, 2.75) is 72.6 Å². The fraction of sp³-hybridized carbons (Fsp3) is 0.583. The maximum absolute atomic E-state index is 13.2. The van der Waals surface area contributed by atoms with Gasteiger partial charge < -0.3 is 25.3 Å². The molecule has 4 N–H and O–H groups in total. The molecule has 0 radical (unpaired) electrons. The second kappa shape index (κ2) is 11.3. The Morgan fingerprint density at radius 2 is 2.06 bits per heavy atom. The molecule has 0 aliphatic carbocycles. The van der Waals surface area contributed by atoms with Crippen LogP contribution in [0.4, 0.5) is 17.3 Å². The molecule has 1 aliphatic heterocycles. The number of hydrogen-bond acceptors (Lipinski definition) is 7. The summed E-state index contributed by atoms with van der Waals surface area (Å²) < 4.78 is 9.01. The molecule has 1 fully saturated rings. The third-order valence-electron chi connectivity index (χ3n) is 6.59. The molecule has 3 rings (SSSR count). The van der Waals surface area contributed by atoms with Crippen molar-refractivity contribution in [3.63, 3.8) is 0 Å². The van der Waals surface area contributed by atoms with Crippen molar-refractivity contribution in [1.82, 2.24) is 14.1 Å². The van der Waals surface area contributed by atoms with E-state index in [1.807, 2.05) is 25.3 Å². The summed E-state index contributed by atoms with van der Waals surface area (Å²) in [5.74, 6) is 0.0569. The van der Waals surface area contributed by atoms with Gasteiger partial charge >= 0.3 is 5.69 Å². The molecule has 3 heterocycles. The van der Waals surface area contributed by atoms with Crippen LogP contribution in [0.2, 0.25) is 0 Å². The van der Waals surface area contributed by atoms with Crippen LogP contribution in [-0.2, 0) is 22.6 Å². The van der Waals surface area contributed by atoms with Crippen LogP contribution in [0.25, 0.3) is 0 Å². The third-order valence-corrected chi connectivity index (χ3v) is 6.59. The van der Waals surface area contributed by atoms with Crippen LogP contribution in [0.3, 0.4) is 0 Å². The smallest absolute Gasteiger partial charge is 0.330 e. The number of nitrogens with one attached hydrogen (secondary N) is 2. The zero-order valence-electron chi connectivity index (χ0n) is 20.9. The molecule has 35 heavy (non-hydrogen) atoms. The van der Waals surface area contributed by atoms with Gasteiger partial charge in [-0.2, -0.15) is 5.26 Å². The number of aromatic amines is 1. The molecule has 0 spiro atoms.